The van der Waals surface area contributed by atoms with Gasteiger partial charge >= 0.3 is 6.18 Å². The van der Waals surface area contributed by atoms with Crippen molar-refractivity contribution in [3.05, 3.63) is 71.2 Å². The fraction of sp³-hybridized carbons (Fsp3) is 0.500. The Morgan fingerprint density at radius 1 is 0.907 bits per heavy atom. The van der Waals surface area contributed by atoms with E-state index in [4.69, 9.17) is 4.42 Å². The number of hydrogen-bond acceptors (Lipinski definition) is 8. The van der Waals surface area contributed by atoms with Gasteiger partial charge in [-0.25, -0.2) is 13.4 Å². The zero-order chi connectivity index (χ0) is 30.2. The van der Waals surface area contributed by atoms with Crippen molar-refractivity contribution in [2.24, 2.45) is 0 Å². The molecule has 1 aromatic carbocycles. The molecule has 0 atom stereocenters. The Morgan fingerprint density at radius 2 is 1.65 bits per heavy atom. The Morgan fingerprint density at radius 3 is 2.30 bits per heavy atom. The number of nitrogens with zero attached hydrogens (tertiary/aromatic N) is 5. The molecule has 2 saturated heterocycles. The van der Waals surface area contributed by atoms with Crippen molar-refractivity contribution in [1.82, 2.24) is 14.3 Å². The molecule has 1 saturated carbocycles. The maximum Gasteiger partial charge on any atom is 0.437 e. The first kappa shape index (κ1) is 29.6. The van der Waals surface area contributed by atoms with E-state index in [0.29, 0.717) is 63.0 Å². The second-order valence-electron chi connectivity index (χ2n) is 11.5. The first-order valence-corrected chi connectivity index (χ1v) is 16.2. The average Bonchev–Trinajstić information content (AvgIpc) is 3.81. The van der Waals surface area contributed by atoms with Crippen LogP contribution in [-0.2, 0) is 22.6 Å². The first-order chi connectivity index (χ1) is 20.6. The number of piperidine rings is 1. The van der Waals surface area contributed by atoms with Gasteiger partial charge < -0.3 is 14.2 Å². The standard InChI is InChI=1S/C30H34F3N5O4S/c31-30(32,33)28-27(42-29(35-28)37-15-11-23(12-16-37)22-5-2-1-3-6-22)25(39)19-21-7-10-26(34-20-21)36-13-4-14-38(18-17-36)43(40,41)24-8-9-24/h1-3,5-7,10,20,23-24H,4,8-9,11-19H2. The molecule has 13 heteroatoms. The lowest BCUT2D eigenvalue weighted by molar-refractivity contribution is -0.141. The molecular formula is C30H34F3N5O4S. The summed E-state index contributed by atoms with van der Waals surface area (Å²) in [5.41, 5.74) is 0.328. The highest BCUT2D eigenvalue weighted by Gasteiger charge is 2.42. The summed E-state index contributed by atoms with van der Waals surface area (Å²) in [7, 11) is -3.25. The van der Waals surface area contributed by atoms with Crippen molar-refractivity contribution in [2.75, 3.05) is 49.1 Å². The largest absolute Gasteiger partial charge is 0.437 e. The van der Waals surface area contributed by atoms with Crippen LogP contribution >= 0.6 is 0 Å². The summed E-state index contributed by atoms with van der Waals surface area (Å²) in [6, 6.07) is 13.2. The summed E-state index contributed by atoms with van der Waals surface area (Å²) in [5.74, 6) is -0.689. The molecular weight excluding hydrogens is 583 g/mol. The summed E-state index contributed by atoms with van der Waals surface area (Å²) in [6.45, 7) is 2.89. The molecule has 0 N–H and O–H groups in total. The third kappa shape index (κ3) is 6.57. The topological polar surface area (TPSA) is 99.9 Å². The van der Waals surface area contributed by atoms with E-state index in [9.17, 15) is 26.4 Å². The molecule has 2 aromatic heterocycles. The summed E-state index contributed by atoms with van der Waals surface area (Å²) in [4.78, 5) is 24.9. The number of rotatable bonds is 8. The Bertz CT molecular complexity index is 1530. The fourth-order valence-corrected chi connectivity index (χ4v) is 7.76. The normalized spacial score (nSPS) is 19.4. The van der Waals surface area contributed by atoms with Crippen molar-refractivity contribution >= 4 is 27.6 Å². The summed E-state index contributed by atoms with van der Waals surface area (Å²) in [5, 5.41) is -0.251. The Kier molecular flexibility index (Phi) is 8.20. The van der Waals surface area contributed by atoms with Crippen LogP contribution in [0.1, 0.15) is 65.4 Å². The number of halogens is 3. The zero-order valence-corrected chi connectivity index (χ0v) is 24.5. The van der Waals surface area contributed by atoms with Crippen molar-refractivity contribution in [1.29, 1.82) is 0 Å². The number of Topliss-reactive ketones (excluding diaryl/α,β-unsaturated/α-hetero) is 1. The van der Waals surface area contributed by atoms with E-state index in [1.54, 1.807) is 21.3 Å². The van der Waals surface area contributed by atoms with Gasteiger partial charge in [-0.2, -0.15) is 22.5 Å². The summed E-state index contributed by atoms with van der Waals surface area (Å²) < 4.78 is 74.0. The third-order valence-electron chi connectivity index (χ3n) is 8.43. The van der Waals surface area contributed by atoms with E-state index in [2.05, 4.69) is 22.1 Å². The lowest BCUT2D eigenvalue weighted by atomic mass is 9.90. The lowest BCUT2D eigenvalue weighted by Crippen LogP contribution is -2.37. The van der Waals surface area contributed by atoms with Gasteiger partial charge in [-0.05, 0) is 55.2 Å². The van der Waals surface area contributed by atoms with Gasteiger partial charge in [0.2, 0.25) is 21.6 Å². The second-order valence-corrected chi connectivity index (χ2v) is 13.7. The second kappa shape index (κ2) is 11.9. The predicted molar refractivity (Wildman–Crippen MR) is 155 cm³/mol. The molecule has 43 heavy (non-hydrogen) atoms. The number of carbonyl (C=O) groups is 1. The van der Waals surface area contributed by atoms with Crippen LogP contribution in [0.15, 0.2) is 53.1 Å². The molecule has 3 aliphatic rings. The average molecular weight is 618 g/mol. The van der Waals surface area contributed by atoms with E-state index >= 15 is 0 Å². The minimum Gasteiger partial charge on any atom is -0.420 e. The Balaban J connectivity index is 1.10. The summed E-state index contributed by atoms with van der Waals surface area (Å²) in [6.07, 6.45) is -0.128. The molecule has 0 spiro atoms. The number of benzene rings is 1. The number of hydrogen-bond donors (Lipinski definition) is 0. The SMILES string of the molecule is O=C(Cc1ccc(N2CCCN(S(=O)(=O)C3CC3)CC2)nc1)c1oc(N2CCC(c3ccccc3)CC2)nc1C(F)(F)F. The fourth-order valence-electron chi connectivity index (χ4n) is 5.88. The molecule has 9 nitrogen and oxygen atoms in total. The minimum absolute atomic E-state index is 0.186. The molecule has 230 valence electrons. The minimum atomic E-state index is -4.84. The van der Waals surface area contributed by atoms with Crippen LogP contribution in [-0.4, -0.2) is 73.0 Å². The van der Waals surface area contributed by atoms with E-state index in [0.717, 1.165) is 25.7 Å². The molecule has 4 heterocycles. The number of carbonyl (C=O) groups excluding carboxylic acids is 1. The zero-order valence-electron chi connectivity index (χ0n) is 23.7. The van der Waals surface area contributed by atoms with Crippen molar-refractivity contribution in [2.45, 2.75) is 55.9 Å². The number of oxazole rings is 1. The van der Waals surface area contributed by atoms with Crippen LogP contribution in [0.5, 0.6) is 0 Å². The van der Waals surface area contributed by atoms with Crippen LogP contribution < -0.4 is 9.80 Å². The van der Waals surface area contributed by atoms with Crippen LogP contribution in [0.2, 0.25) is 0 Å². The monoisotopic (exact) mass is 617 g/mol. The van der Waals surface area contributed by atoms with E-state index < -0.39 is 33.4 Å². The maximum absolute atomic E-state index is 13.9. The van der Waals surface area contributed by atoms with Gasteiger partial charge in [-0.15, -0.1) is 0 Å². The van der Waals surface area contributed by atoms with Gasteiger partial charge in [0, 0.05) is 51.9 Å². The maximum atomic E-state index is 13.9. The summed E-state index contributed by atoms with van der Waals surface area (Å²) >= 11 is 0. The molecule has 0 radical (unpaired) electrons. The molecule has 0 amide bonds. The van der Waals surface area contributed by atoms with Gasteiger partial charge in [0.05, 0.1) is 5.25 Å². The van der Waals surface area contributed by atoms with Crippen LogP contribution in [0.4, 0.5) is 25.0 Å². The first-order valence-electron chi connectivity index (χ1n) is 14.7. The van der Waals surface area contributed by atoms with Gasteiger partial charge in [-0.1, -0.05) is 36.4 Å². The van der Waals surface area contributed by atoms with Gasteiger partial charge in [-0.3, -0.25) is 4.79 Å². The molecule has 6 rings (SSSR count). The Hall–Kier alpha value is -3.45. The molecule has 0 unspecified atom stereocenters. The number of alkyl halides is 3. The quantitative estimate of drug-likeness (QED) is 0.329. The van der Waals surface area contributed by atoms with Gasteiger partial charge in [0.15, 0.2) is 5.69 Å². The number of aromatic nitrogens is 2. The number of pyridine rings is 1. The highest BCUT2D eigenvalue weighted by Crippen LogP contribution is 2.37. The number of sulfonamides is 1. The highest BCUT2D eigenvalue weighted by molar-refractivity contribution is 7.90. The van der Waals surface area contributed by atoms with Crippen molar-refractivity contribution in [3.8, 4) is 0 Å². The van der Waals surface area contributed by atoms with E-state index in [1.165, 1.54) is 11.8 Å². The van der Waals surface area contributed by atoms with Gasteiger partial charge in [0.25, 0.3) is 6.01 Å². The van der Waals surface area contributed by atoms with Crippen molar-refractivity contribution in [3.63, 3.8) is 0 Å². The van der Waals surface area contributed by atoms with Gasteiger partial charge in [0.1, 0.15) is 5.82 Å². The lowest BCUT2D eigenvalue weighted by Gasteiger charge is -2.31. The molecule has 1 aliphatic carbocycles. The van der Waals surface area contributed by atoms with Crippen LogP contribution in [0.25, 0.3) is 0 Å². The predicted octanol–water partition coefficient (Wildman–Crippen LogP) is 4.90. The van der Waals surface area contributed by atoms with Crippen LogP contribution in [0.3, 0.4) is 0 Å². The number of ketones is 1. The number of anilines is 2. The third-order valence-corrected chi connectivity index (χ3v) is 10.8. The van der Waals surface area contributed by atoms with Crippen LogP contribution in [0, 0.1) is 0 Å². The molecule has 2 aliphatic heterocycles. The molecule has 3 fully saturated rings. The Labute approximate surface area is 248 Å². The van der Waals surface area contributed by atoms with Crippen molar-refractivity contribution < 1.29 is 30.8 Å². The highest BCUT2D eigenvalue weighted by atomic mass is 32.2. The van der Waals surface area contributed by atoms with E-state index in [1.807, 2.05) is 23.1 Å². The van der Waals surface area contributed by atoms with E-state index in [-0.39, 0.29) is 17.7 Å². The smallest absolute Gasteiger partial charge is 0.420 e. The molecule has 0 bridgehead atoms. The molecule has 3 aromatic rings.